The first-order valence-corrected chi connectivity index (χ1v) is 11.2. The van der Waals surface area contributed by atoms with Crippen molar-refractivity contribution in [1.29, 1.82) is 0 Å². The number of piperidine rings is 1. The molecule has 1 fully saturated rings. The first-order valence-electron chi connectivity index (χ1n) is 11.2. The van der Waals surface area contributed by atoms with E-state index in [1.165, 1.54) is 11.1 Å². The Kier molecular flexibility index (Phi) is 7.84. The quantitative estimate of drug-likeness (QED) is 0.599. The first kappa shape index (κ1) is 23.4. The van der Waals surface area contributed by atoms with Crippen LogP contribution in [0.3, 0.4) is 0 Å². The van der Waals surface area contributed by atoms with Gasteiger partial charge < -0.3 is 24.4 Å². The fraction of sp³-hybridized carbons (Fsp3) is 0.538. The number of rotatable bonds is 9. The lowest BCUT2D eigenvalue weighted by atomic mass is 9.63. The Labute approximate surface area is 187 Å². The Balaban J connectivity index is 1.72. The van der Waals surface area contributed by atoms with Crippen LogP contribution in [0.5, 0.6) is 17.2 Å². The van der Waals surface area contributed by atoms with Gasteiger partial charge in [-0.1, -0.05) is 25.1 Å². The van der Waals surface area contributed by atoms with Gasteiger partial charge in [0, 0.05) is 24.5 Å². The summed E-state index contributed by atoms with van der Waals surface area (Å²) in [4.78, 5) is 2.49. The molecule has 1 aliphatic rings. The molecule has 0 aromatic heterocycles. The van der Waals surface area contributed by atoms with Crippen molar-refractivity contribution < 1.29 is 14.2 Å². The van der Waals surface area contributed by atoms with Crippen LogP contribution < -0.4 is 19.5 Å². The van der Waals surface area contributed by atoms with Gasteiger partial charge in [0.15, 0.2) is 11.5 Å². The molecule has 0 aliphatic carbocycles. The third-order valence-corrected chi connectivity index (χ3v) is 7.11. The van der Waals surface area contributed by atoms with E-state index >= 15 is 0 Å². The Bertz CT molecular complexity index is 839. The number of ether oxygens (including phenoxy) is 3. The average molecular weight is 427 g/mol. The zero-order chi connectivity index (χ0) is 22.4. The van der Waals surface area contributed by atoms with Crippen molar-refractivity contribution in [2.24, 2.45) is 5.92 Å². The van der Waals surface area contributed by atoms with Gasteiger partial charge >= 0.3 is 0 Å². The third-order valence-electron chi connectivity index (χ3n) is 7.11. The number of nitrogens with zero attached hydrogens (tertiary/aromatic N) is 1. The van der Waals surface area contributed by atoms with Gasteiger partial charge in [-0.25, -0.2) is 0 Å². The maximum atomic E-state index is 5.44. The summed E-state index contributed by atoms with van der Waals surface area (Å²) in [5.74, 6) is 3.03. The topological polar surface area (TPSA) is 43.0 Å². The molecule has 1 saturated heterocycles. The van der Waals surface area contributed by atoms with E-state index in [9.17, 15) is 0 Å². The summed E-state index contributed by atoms with van der Waals surface area (Å²) in [6, 6.07) is 15.4. The Hall–Kier alpha value is -2.24. The van der Waals surface area contributed by atoms with Gasteiger partial charge in [0.2, 0.25) is 0 Å². The lowest BCUT2D eigenvalue weighted by molar-refractivity contribution is 0.0688. The van der Waals surface area contributed by atoms with E-state index < -0.39 is 0 Å². The fourth-order valence-corrected chi connectivity index (χ4v) is 5.02. The molecule has 0 bridgehead atoms. The van der Waals surface area contributed by atoms with Gasteiger partial charge in [-0.3, -0.25) is 0 Å². The zero-order valence-electron chi connectivity index (χ0n) is 19.9. The highest BCUT2D eigenvalue weighted by molar-refractivity contribution is 5.42. The summed E-state index contributed by atoms with van der Waals surface area (Å²) in [5.41, 5.74) is 2.78. The molecule has 31 heavy (non-hydrogen) atoms. The summed E-state index contributed by atoms with van der Waals surface area (Å²) in [5, 5.41) is 3.67. The zero-order valence-corrected chi connectivity index (χ0v) is 19.9. The Morgan fingerprint density at radius 3 is 2.32 bits per heavy atom. The van der Waals surface area contributed by atoms with Crippen LogP contribution in [0.25, 0.3) is 0 Å². The van der Waals surface area contributed by atoms with Crippen LogP contribution in [0, 0.1) is 5.92 Å². The van der Waals surface area contributed by atoms with E-state index in [1.54, 1.807) is 21.3 Å². The van der Waals surface area contributed by atoms with E-state index in [0.717, 1.165) is 49.7 Å². The second-order valence-electron chi connectivity index (χ2n) is 8.89. The summed E-state index contributed by atoms with van der Waals surface area (Å²) < 4.78 is 16.2. The van der Waals surface area contributed by atoms with Crippen molar-refractivity contribution in [1.82, 2.24) is 10.2 Å². The highest BCUT2D eigenvalue weighted by Gasteiger charge is 2.43. The predicted octanol–water partition coefficient (Wildman–Crippen LogP) is 4.49. The molecule has 1 N–H and O–H groups in total. The lowest BCUT2D eigenvalue weighted by Crippen LogP contribution is -2.52. The number of likely N-dealkylation sites (tertiary alicyclic amines) is 1. The largest absolute Gasteiger partial charge is 0.497 e. The summed E-state index contributed by atoms with van der Waals surface area (Å²) in [6.07, 6.45) is 2.26. The van der Waals surface area contributed by atoms with Crippen molar-refractivity contribution in [3.05, 3.63) is 53.6 Å². The minimum Gasteiger partial charge on any atom is -0.497 e. The molecule has 0 amide bonds. The molecule has 1 heterocycles. The van der Waals surface area contributed by atoms with Crippen molar-refractivity contribution in [2.75, 3.05) is 41.5 Å². The number of hydrogen-bond acceptors (Lipinski definition) is 5. The molecule has 2 aromatic rings. The van der Waals surface area contributed by atoms with Crippen LogP contribution in [-0.4, -0.2) is 52.4 Å². The first-order chi connectivity index (χ1) is 14.9. The molecule has 3 unspecified atom stereocenters. The predicted molar refractivity (Wildman–Crippen MR) is 126 cm³/mol. The number of nitrogens with one attached hydrogen (secondary N) is 1. The monoisotopic (exact) mass is 426 g/mol. The highest BCUT2D eigenvalue weighted by atomic mass is 16.5. The lowest BCUT2D eigenvalue weighted by Gasteiger charge is -2.50. The minimum absolute atomic E-state index is 0.156. The van der Waals surface area contributed by atoms with Crippen molar-refractivity contribution >= 4 is 0 Å². The summed E-state index contributed by atoms with van der Waals surface area (Å²) in [7, 11) is 7.31. The summed E-state index contributed by atoms with van der Waals surface area (Å²) >= 11 is 0. The van der Waals surface area contributed by atoms with Crippen LogP contribution in [0.15, 0.2) is 42.5 Å². The SMILES string of the molecule is COc1ccc(C2(CCNCc3ccc(OC)c(OC)c3)CC(C)N(C)CC2C)cc1. The minimum atomic E-state index is 0.156. The number of methoxy groups -OCH3 is 3. The number of benzene rings is 2. The number of hydrogen-bond donors (Lipinski definition) is 1. The molecule has 5 heteroatoms. The van der Waals surface area contributed by atoms with E-state index in [2.05, 4.69) is 61.4 Å². The second-order valence-corrected chi connectivity index (χ2v) is 8.89. The standard InChI is InChI=1S/C26H38N2O3/c1-19-18-28(3)20(2)16-26(19,22-8-10-23(29-4)11-9-22)13-14-27-17-21-7-12-24(30-5)25(15-21)31-6/h7-12,15,19-20,27H,13-14,16-18H2,1-6H3. The van der Waals surface area contributed by atoms with Crippen molar-refractivity contribution in [3.8, 4) is 17.2 Å². The maximum absolute atomic E-state index is 5.44. The molecule has 1 aliphatic heterocycles. The molecule has 0 saturated carbocycles. The van der Waals surface area contributed by atoms with Crippen molar-refractivity contribution in [3.63, 3.8) is 0 Å². The van der Waals surface area contributed by atoms with Crippen LogP contribution >= 0.6 is 0 Å². The molecule has 0 radical (unpaired) electrons. The van der Waals surface area contributed by atoms with Crippen LogP contribution in [-0.2, 0) is 12.0 Å². The normalized spacial score (nSPS) is 24.1. The third kappa shape index (κ3) is 5.16. The molecule has 3 rings (SSSR count). The molecule has 3 atom stereocenters. The molecular formula is C26H38N2O3. The van der Waals surface area contributed by atoms with Crippen LogP contribution in [0.1, 0.15) is 37.8 Å². The van der Waals surface area contributed by atoms with Gasteiger partial charge in [-0.15, -0.1) is 0 Å². The van der Waals surface area contributed by atoms with Gasteiger partial charge in [-0.05, 0) is 74.7 Å². The van der Waals surface area contributed by atoms with Gasteiger partial charge in [0.25, 0.3) is 0 Å². The van der Waals surface area contributed by atoms with E-state index in [-0.39, 0.29) is 5.41 Å². The van der Waals surface area contributed by atoms with Gasteiger partial charge in [-0.2, -0.15) is 0 Å². The van der Waals surface area contributed by atoms with Crippen LogP contribution in [0.2, 0.25) is 0 Å². The van der Waals surface area contributed by atoms with E-state index in [4.69, 9.17) is 14.2 Å². The summed E-state index contributed by atoms with van der Waals surface area (Å²) in [6.45, 7) is 7.63. The Morgan fingerprint density at radius 2 is 1.68 bits per heavy atom. The Morgan fingerprint density at radius 1 is 0.968 bits per heavy atom. The van der Waals surface area contributed by atoms with Crippen molar-refractivity contribution in [2.45, 2.75) is 44.7 Å². The van der Waals surface area contributed by atoms with E-state index in [1.807, 2.05) is 12.1 Å². The molecular weight excluding hydrogens is 388 g/mol. The van der Waals surface area contributed by atoms with Gasteiger partial charge in [0.05, 0.1) is 21.3 Å². The molecule has 5 nitrogen and oxygen atoms in total. The van der Waals surface area contributed by atoms with Gasteiger partial charge in [0.1, 0.15) is 5.75 Å². The smallest absolute Gasteiger partial charge is 0.161 e. The molecule has 170 valence electrons. The maximum Gasteiger partial charge on any atom is 0.161 e. The fourth-order valence-electron chi connectivity index (χ4n) is 5.02. The molecule has 2 aromatic carbocycles. The van der Waals surface area contributed by atoms with Crippen LogP contribution in [0.4, 0.5) is 0 Å². The van der Waals surface area contributed by atoms with E-state index in [0.29, 0.717) is 12.0 Å². The average Bonchev–Trinajstić information content (AvgIpc) is 2.79. The second kappa shape index (κ2) is 10.4. The highest BCUT2D eigenvalue weighted by Crippen LogP contribution is 2.44. The molecule has 0 spiro atoms.